The molecule has 3 nitrogen and oxygen atoms in total. The third kappa shape index (κ3) is 3.30. The van der Waals surface area contributed by atoms with E-state index in [1.807, 2.05) is 24.3 Å². The molecule has 1 aliphatic carbocycles. The number of rotatable bonds is 3. The summed E-state index contributed by atoms with van der Waals surface area (Å²) in [5.41, 5.74) is 0.0358. The minimum Gasteiger partial charge on any atom is -0.480 e. The van der Waals surface area contributed by atoms with E-state index in [0.29, 0.717) is 18.8 Å². The SMILES string of the molecule is CC1CCCC(Nc2ccccc2Br)(C(=O)O)CC1. The molecule has 0 aromatic heterocycles. The summed E-state index contributed by atoms with van der Waals surface area (Å²) < 4.78 is 0.910. The van der Waals surface area contributed by atoms with Crippen molar-refractivity contribution in [1.82, 2.24) is 0 Å². The highest BCUT2D eigenvalue weighted by Gasteiger charge is 2.39. The van der Waals surface area contributed by atoms with Gasteiger partial charge < -0.3 is 10.4 Å². The molecule has 19 heavy (non-hydrogen) atoms. The molecule has 0 saturated heterocycles. The summed E-state index contributed by atoms with van der Waals surface area (Å²) in [7, 11) is 0. The Balaban J connectivity index is 2.25. The summed E-state index contributed by atoms with van der Waals surface area (Å²) in [4.78, 5) is 11.8. The van der Waals surface area contributed by atoms with Gasteiger partial charge in [0.2, 0.25) is 0 Å². The molecular formula is C15H20BrNO2. The van der Waals surface area contributed by atoms with Gasteiger partial charge in [-0.2, -0.15) is 0 Å². The molecule has 0 spiro atoms. The molecular weight excluding hydrogens is 306 g/mol. The largest absolute Gasteiger partial charge is 0.480 e. The molecule has 2 unspecified atom stereocenters. The summed E-state index contributed by atoms with van der Waals surface area (Å²) in [6, 6.07) is 7.69. The molecule has 0 amide bonds. The fourth-order valence-corrected chi connectivity index (χ4v) is 3.11. The quantitative estimate of drug-likeness (QED) is 0.815. The number of hydrogen-bond donors (Lipinski definition) is 2. The van der Waals surface area contributed by atoms with Crippen molar-refractivity contribution in [2.45, 2.75) is 44.6 Å². The molecule has 1 aromatic carbocycles. The molecule has 1 aliphatic rings. The molecule has 1 saturated carbocycles. The van der Waals surface area contributed by atoms with Crippen molar-refractivity contribution >= 4 is 27.6 Å². The molecule has 2 N–H and O–H groups in total. The van der Waals surface area contributed by atoms with Crippen LogP contribution in [0.1, 0.15) is 39.0 Å². The molecule has 2 rings (SSSR count). The third-order valence-electron chi connectivity index (χ3n) is 4.02. The van der Waals surface area contributed by atoms with Crippen LogP contribution in [0.3, 0.4) is 0 Å². The number of carboxylic acids is 1. The van der Waals surface area contributed by atoms with Crippen LogP contribution in [0.25, 0.3) is 0 Å². The van der Waals surface area contributed by atoms with Gasteiger partial charge in [-0.3, -0.25) is 0 Å². The molecule has 0 radical (unpaired) electrons. The van der Waals surface area contributed by atoms with Crippen molar-refractivity contribution in [2.24, 2.45) is 5.92 Å². The maximum absolute atomic E-state index is 11.8. The number of para-hydroxylation sites is 1. The van der Waals surface area contributed by atoms with Crippen LogP contribution >= 0.6 is 15.9 Å². The van der Waals surface area contributed by atoms with Gasteiger partial charge in [0.25, 0.3) is 0 Å². The molecule has 2 atom stereocenters. The van der Waals surface area contributed by atoms with Gasteiger partial charge in [-0.15, -0.1) is 0 Å². The molecule has 1 aromatic rings. The van der Waals surface area contributed by atoms with Crippen molar-refractivity contribution in [1.29, 1.82) is 0 Å². The van der Waals surface area contributed by atoms with E-state index in [1.54, 1.807) is 0 Å². The minimum atomic E-state index is -0.825. The van der Waals surface area contributed by atoms with Gasteiger partial charge in [0.05, 0.1) is 0 Å². The van der Waals surface area contributed by atoms with Gasteiger partial charge in [0.15, 0.2) is 0 Å². The van der Waals surface area contributed by atoms with Crippen LogP contribution in [0.5, 0.6) is 0 Å². The van der Waals surface area contributed by atoms with E-state index in [4.69, 9.17) is 0 Å². The minimum absolute atomic E-state index is 0.613. The highest BCUT2D eigenvalue weighted by molar-refractivity contribution is 9.10. The van der Waals surface area contributed by atoms with E-state index < -0.39 is 11.5 Å². The summed E-state index contributed by atoms with van der Waals surface area (Å²) in [5, 5.41) is 13.0. The molecule has 0 heterocycles. The van der Waals surface area contributed by atoms with Gasteiger partial charge in [-0.1, -0.05) is 31.9 Å². The number of aliphatic carboxylic acids is 1. The van der Waals surface area contributed by atoms with Crippen LogP contribution < -0.4 is 5.32 Å². The molecule has 0 bridgehead atoms. The summed E-state index contributed by atoms with van der Waals surface area (Å²) >= 11 is 3.47. The fraction of sp³-hybridized carbons (Fsp3) is 0.533. The van der Waals surface area contributed by atoms with Crippen LogP contribution in [0.4, 0.5) is 5.69 Å². The van der Waals surface area contributed by atoms with Crippen molar-refractivity contribution < 1.29 is 9.90 Å². The second kappa shape index (κ2) is 5.95. The van der Waals surface area contributed by atoms with Gasteiger partial charge in [0, 0.05) is 10.2 Å². The topological polar surface area (TPSA) is 49.3 Å². The smallest absolute Gasteiger partial charge is 0.329 e. The Morgan fingerprint density at radius 1 is 1.37 bits per heavy atom. The van der Waals surface area contributed by atoms with Crippen LogP contribution in [-0.4, -0.2) is 16.6 Å². The van der Waals surface area contributed by atoms with Gasteiger partial charge in [0.1, 0.15) is 5.54 Å². The highest BCUT2D eigenvalue weighted by Crippen LogP contribution is 2.35. The number of anilines is 1. The number of nitrogens with one attached hydrogen (secondary N) is 1. The van der Waals surface area contributed by atoms with Crippen LogP contribution in [0.15, 0.2) is 28.7 Å². The highest BCUT2D eigenvalue weighted by atomic mass is 79.9. The Morgan fingerprint density at radius 3 is 2.79 bits per heavy atom. The van der Waals surface area contributed by atoms with Crippen molar-refractivity contribution in [2.75, 3.05) is 5.32 Å². The lowest BCUT2D eigenvalue weighted by molar-refractivity contribution is -0.142. The van der Waals surface area contributed by atoms with E-state index in [0.717, 1.165) is 29.4 Å². The lowest BCUT2D eigenvalue weighted by Crippen LogP contribution is -2.46. The molecule has 0 aliphatic heterocycles. The van der Waals surface area contributed by atoms with Crippen molar-refractivity contribution in [3.8, 4) is 0 Å². The van der Waals surface area contributed by atoms with Gasteiger partial charge in [-0.05, 0) is 53.2 Å². The first kappa shape index (κ1) is 14.4. The van der Waals surface area contributed by atoms with Gasteiger partial charge >= 0.3 is 5.97 Å². The van der Waals surface area contributed by atoms with Crippen molar-refractivity contribution in [3.63, 3.8) is 0 Å². The number of halogens is 1. The number of hydrogen-bond acceptors (Lipinski definition) is 2. The lowest BCUT2D eigenvalue weighted by atomic mass is 9.89. The fourth-order valence-electron chi connectivity index (χ4n) is 2.73. The average Bonchev–Trinajstić information content (AvgIpc) is 2.56. The predicted octanol–water partition coefficient (Wildman–Crippen LogP) is 4.28. The standard InChI is InChI=1S/C15H20BrNO2/c1-11-5-4-9-15(10-8-11,14(18)19)17-13-7-3-2-6-12(13)16/h2-3,6-7,11,17H,4-5,8-10H2,1H3,(H,18,19). The zero-order valence-corrected chi connectivity index (χ0v) is 12.7. The molecule has 4 heteroatoms. The molecule has 1 fully saturated rings. The monoisotopic (exact) mass is 325 g/mol. The number of benzene rings is 1. The Hall–Kier alpha value is -1.03. The summed E-state index contributed by atoms with van der Waals surface area (Å²) in [5.74, 6) is -0.125. The van der Waals surface area contributed by atoms with Crippen LogP contribution in [0, 0.1) is 5.92 Å². The van der Waals surface area contributed by atoms with E-state index in [-0.39, 0.29) is 0 Å². The van der Waals surface area contributed by atoms with Crippen molar-refractivity contribution in [3.05, 3.63) is 28.7 Å². The number of carbonyl (C=O) groups is 1. The normalized spacial score (nSPS) is 27.6. The third-order valence-corrected chi connectivity index (χ3v) is 4.71. The zero-order chi connectivity index (χ0) is 13.9. The summed E-state index contributed by atoms with van der Waals surface area (Å²) in [6.45, 7) is 2.20. The Labute approximate surface area is 122 Å². The Bertz CT molecular complexity index is 463. The van der Waals surface area contributed by atoms with E-state index in [1.165, 1.54) is 0 Å². The number of carboxylic acid groups (broad SMARTS) is 1. The second-order valence-corrected chi connectivity index (χ2v) is 6.38. The Kier molecular flexibility index (Phi) is 4.50. The predicted molar refractivity (Wildman–Crippen MR) is 80.4 cm³/mol. The lowest BCUT2D eigenvalue weighted by Gasteiger charge is -2.31. The Morgan fingerprint density at radius 2 is 2.11 bits per heavy atom. The first-order valence-corrected chi connectivity index (χ1v) is 7.59. The average molecular weight is 326 g/mol. The first-order chi connectivity index (χ1) is 9.03. The van der Waals surface area contributed by atoms with Crippen LogP contribution in [-0.2, 0) is 4.79 Å². The van der Waals surface area contributed by atoms with E-state index in [2.05, 4.69) is 28.2 Å². The second-order valence-electron chi connectivity index (χ2n) is 5.53. The maximum Gasteiger partial charge on any atom is 0.329 e. The van der Waals surface area contributed by atoms with E-state index in [9.17, 15) is 9.90 Å². The molecule has 104 valence electrons. The maximum atomic E-state index is 11.8. The van der Waals surface area contributed by atoms with E-state index >= 15 is 0 Å². The first-order valence-electron chi connectivity index (χ1n) is 6.80. The van der Waals surface area contributed by atoms with Crippen LogP contribution in [0.2, 0.25) is 0 Å². The van der Waals surface area contributed by atoms with Gasteiger partial charge in [-0.25, -0.2) is 4.79 Å². The summed E-state index contributed by atoms with van der Waals surface area (Å²) in [6.07, 6.45) is 4.42. The zero-order valence-electron chi connectivity index (χ0n) is 11.2.